The number of carboxylic acid groups (broad SMARTS) is 1. The Balaban J connectivity index is 1.26. The Morgan fingerprint density at radius 1 is 0.971 bits per heavy atom. The summed E-state index contributed by atoms with van der Waals surface area (Å²) in [6.07, 6.45) is -0.708. The van der Waals surface area contributed by atoms with Gasteiger partial charge in [0.15, 0.2) is 0 Å². The van der Waals surface area contributed by atoms with Gasteiger partial charge < -0.3 is 15.2 Å². The number of carboxylic acids is 1. The van der Waals surface area contributed by atoms with E-state index >= 15 is 0 Å². The lowest BCUT2D eigenvalue weighted by atomic mass is 9.98. The van der Waals surface area contributed by atoms with Crippen LogP contribution in [0.4, 0.5) is 4.79 Å². The van der Waals surface area contributed by atoms with Gasteiger partial charge in [-0.15, -0.1) is 0 Å². The summed E-state index contributed by atoms with van der Waals surface area (Å²) < 4.78 is 5.51. The topological polar surface area (TPSA) is 88.5 Å². The van der Waals surface area contributed by atoms with Gasteiger partial charge in [-0.3, -0.25) is 4.98 Å². The molecule has 1 aliphatic carbocycles. The van der Waals surface area contributed by atoms with E-state index in [9.17, 15) is 14.7 Å². The van der Waals surface area contributed by atoms with Crippen LogP contribution in [-0.4, -0.2) is 34.8 Å². The van der Waals surface area contributed by atoms with Gasteiger partial charge in [0.2, 0.25) is 0 Å². The van der Waals surface area contributed by atoms with Crippen molar-refractivity contribution in [1.82, 2.24) is 10.3 Å². The molecular formula is C27H22N2O4S. The highest BCUT2D eigenvalue weighted by Crippen LogP contribution is 2.44. The first-order valence-corrected chi connectivity index (χ1v) is 11.9. The molecule has 0 saturated heterocycles. The molecule has 0 saturated carbocycles. The number of carbonyl (C=O) groups is 2. The average Bonchev–Trinajstić information content (AvgIpc) is 3.50. The number of hydrogen-bond donors (Lipinski definition) is 2. The van der Waals surface area contributed by atoms with Crippen molar-refractivity contribution < 1.29 is 19.4 Å². The predicted octanol–water partition coefficient (Wildman–Crippen LogP) is 5.34. The number of pyridine rings is 1. The molecule has 6 nitrogen and oxygen atoms in total. The average molecular weight is 471 g/mol. The van der Waals surface area contributed by atoms with E-state index in [1.165, 1.54) is 0 Å². The molecule has 0 bridgehead atoms. The third-order valence-corrected chi connectivity index (χ3v) is 6.65. The fourth-order valence-electron chi connectivity index (χ4n) is 4.36. The standard InChI is InChI=1S/C27H22N2O4S/c30-26(31)25(14-18-6-5-11-24(28-18)17-12-13-34-16-17)29-27(32)33-15-23-21-9-3-1-7-19(21)20-8-2-4-10-22(20)23/h1-13,16,23,25H,14-15H2,(H,29,32)(H,30,31). The molecule has 0 fully saturated rings. The van der Waals surface area contributed by atoms with Crippen molar-refractivity contribution in [2.45, 2.75) is 18.4 Å². The van der Waals surface area contributed by atoms with Gasteiger partial charge in [0.1, 0.15) is 12.6 Å². The van der Waals surface area contributed by atoms with Crippen molar-refractivity contribution in [2.24, 2.45) is 0 Å². The van der Waals surface area contributed by atoms with Crippen molar-refractivity contribution in [3.8, 4) is 22.4 Å². The Kier molecular flexibility index (Phi) is 6.10. The number of thiophene rings is 1. The number of nitrogens with one attached hydrogen (secondary N) is 1. The van der Waals surface area contributed by atoms with Crippen LogP contribution >= 0.6 is 11.3 Å². The van der Waals surface area contributed by atoms with E-state index in [0.717, 1.165) is 33.5 Å². The maximum atomic E-state index is 12.6. The minimum atomic E-state index is -1.15. The number of alkyl carbamates (subject to hydrolysis) is 1. The van der Waals surface area contributed by atoms with E-state index in [-0.39, 0.29) is 18.9 Å². The number of benzene rings is 2. The Bertz CT molecular complexity index is 1290. The van der Waals surface area contributed by atoms with E-state index < -0.39 is 18.1 Å². The number of aliphatic carboxylic acids is 1. The van der Waals surface area contributed by atoms with Gasteiger partial charge in [0.25, 0.3) is 0 Å². The lowest BCUT2D eigenvalue weighted by Crippen LogP contribution is -2.43. The smallest absolute Gasteiger partial charge is 0.407 e. The molecule has 1 amide bonds. The Morgan fingerprint density at radius 3 is 2.32 bits per heavy atom. The number of fused-ring (bicyclic) bond motifs is 3. The summed E-state index contributed by atoms with van der Waals surface area (Å²) in [6, 6.07) is 22.4. The zero-order valence-electron chi connectivity index (χ0n) is 18.2. The Morgan fingerprint density at radius 2 is 1.68 bits per heavy atom. The van der Waals surface area contributed by atoms with Crippen LogP contribution in [0.5, 0.6) is 0 Å². The molecule has 0 spiro atoms. The highest BCUT2D eigenvalue weighted by molar-refractivity contribution is 7.08. The summed E-state index contributed by atoms with van der Waals surface area (Å²) in [6.45, 7) is 0.123. The highest BCUT2D eigenvalue weighted by atomic mass is 32.1. The number of nitrogens with zero attached hydrogens (tertiary/aromatic N) is 1. The number of hydrogen-bond acceptors (Lipinski definition) is 5. The molecular weight excluding hydrogens is 448 g/mol. The first-order chi connectivity index (χ1) is 16.6. The molecule has 0 aliphatic heterocycles. The highest BCUT2D eigenvalue weighted by Gasteiger charge is 2.30. The largest absolute Gasteiger partial charge is 0.480 e. The second-order valence-electron chi connectivity index (χ2n) is 8.09. The summed E-state index contributed by atoms with van der Waals surface area (Å²) in [4.78, 5) is 29.0. The number of carbonyl (C=O) groups excluding carboxylic acids is 1. The second-order valence-corrected chi connectivity index (χ2v) is 8.87. The Labute approximate surface area is 200 Å². The van der Waals surface area contributed by atoms with Crippen molar-refractivity contribution in [3.05, 3.63) is 100 Å². The van der Waals surface area contributed by atoms with E-state index in [0.29, 0.717) is 5.69 Å². The summed E-state index contributed by atoms with van der Waals surface area (Å²) in [5.41, 5.74) is 6.78. The van der Waals surface area contributed by atoms with Crippen molar-refractivity contribution in [3.63, 3.8) is 0 Å². The molecule has 170 valence electrons. The minimum Gasteiger partial charge on any atom is -0.480 e. The van der Waals surface area contributed by atoms with E-state index in [1.807, 2.05) is 65.4 Å². The minimum absolute atomic E-state index is 0.0531. The fraction of sp³-hybridized carbons (Fsp3) is 0.148. The number of rotatable bonds is 7. The molecule has 1 aliphatic rings. The molecule has 0 radical (unpaired) electrons. The van der Waals surface area contributed by atoms with Gasteiger partial charge in [-0.25, -0.2) is 9.59 Å². The summed E-state index contributed by atoms with van der Waals surface area (Å²) in [7, 11) is 0. The van der Waals surface area contributed by atoms with Crippen LogP contribution in [0, 0.1) is 0 Å². The first kappa shape index (κ1) is 21.9. The van der Waals surface area contributed by atoms with Crippen LogP contribution in [-0.2, 0) is 16.0 Å². The third-order valence-electron chi connectivity index (χ3n) is 5.97. The normalized spacial score (nSPS) is 13.1. The molecule has 5 rings (SSSR count). The summed E-state index contributed by atoms with van der Waals surface area (Å²) >= 11 is 1.57. The number of amides is 1. The van der Waals surface area contributed by atoms with Gasteiger partial charge in [0.05, 0.1) is 5.69 Å². The van der Waals surface area contributed by atoms with Crippen LogP contribution in [0.1, 0.15) is 22.7 Å². The Hall–Kier alpha value is -3.97. The van der Waals surface area contributed by atoms with Crippen LogP contribution in [0.15, 0.2) is 83.6 Å². The molecule has 2 aromatic carbocycles. The SMILES string of the molecule is O=C(NC(Cc1cccc(-c2ccsc2)n1)C(=O)O)OCC1c2ccccc2-c2ccccc21. The van der Waals surface area contributed by atoms with Crippen molar-refractivity contribution in [2.75, 3.05) is 6.61 Å². The molecule has 34 heavy (non-hydrogen) atoms. The van der Waals surface area contributed by atoms with Gasteiger partial charge in [-0.2, -0.15) is 11.3 Å². The number of aromatic nitrogens is 1. The maximum absolute atomic E-state index is 12.6. The maximum Gasteiger partial charge on any atom is 0.407 e. The summed E-state index contributed by atoms with van der Waals surface area (Å²) in [5, 5.41) is 16.1. The molecule has 4 aromatic rings. The van der Waals surface area contributed by atoms with Crippen LogP contribution in [0.3, 0.4) is 0 Å². The lowest BCUT2D eigenvalue weighted by Gasteiger charge is -2.17. The predicted molar refractivity (Wildman–Crippen MR) is 131 cm³/mol. The summed E-state index contributed by atoms with van der Waals surface area (Å²) in [5.74, 6) is -1.23. The van der Waals surface area contributed by atoms with E-state index in [4.69, 9.17) is 4.74 Å². The van der Waals surface area contributed by atoms with E-state index in [2.05, 4.69) is 22.4 Å². The molecule has 1 atom stereocenters. The van der Waals surface area contributed by atoms with Gasteiger partial charge >= 0.3 is 12.1 Å². The van der Waals surface area contributed by atoms with E-state index in [1.54, 1.807) is 17.4 Å². The quantitative estimate of drug-likeness (QED) is 0.380. The van der Waals surface area contributed by atoms with Crippen LogP contribution in [0.25, 0.3) is 22.4 Å². The lowest BCUT2D eigenvalue weighted by molar-refractivity contribution is -0.139. The second kappa shape index (κ2) is 9.49. The molecule has 1 unspecified atom stereocenters. The molecule has 2 aromatic heterocycles. The zero-order valence-corrected chi connectivity index (χ0v) is 19.0. The fourth-order valence-corrected chi connectivity index (χ4v) is 5.01. The van der Waals surface area contributed by atoms with Crippen LogP contribution in [0.2, 0.25) is 0 Å². The van der Waals surface area contributed by atoms with Gasteiger partial charge in [0, 0.05) is 29.0 Å². The monoisotopic (exact) mass is 470 g/mol. The third kappa shape index (κ3) is 4.43. The number of ether oxygens (including phenoxy) is 1. The zero-order chi connectivity index (χ0) is 23.5. The van der Waals surface area contributed by atoms with Crippen molar-refractivity contribution in [1.29, 1.82) is 0 Å². The van der Waals surface area contributed by atoms with Crippen molar-refractivity contribution >= 4 is 23.4 Å². The molecule has 7 heteroatoms. The molecule has 2 heterocycles. The van der Waals surface area contributed by atoms with Gasteiger partial charge in [-0.05, 0) is 45.8 Å². The molecule has 2 N–H and O–H groups in total. The van der Waals surface area contributed by atoms with Gasteiger partial charge in [-0.1, -0.05) is 54.6 Å². The van der Waals surface area contributed by atoms with Crippen LogP contribution < -0.4 is 5.32 Å². The first-order valence-electron chi connectivity index (χ1n) is 10.9.